The summed E-state index contributed by atoms with van der Waals surface area (Å²) >= 11 is 0. The van der Waals surface area contributed by atoms with Crippen LogP contribution in [0.3, 0.4) is 0 Å². The van der Waals surface area contributed by atoms with Crippen molar-refractivity contribution >= 4 is 5.91 Å². The van der Waals surface area contributed by atoms with Crippen molar-refractivity contribution in [1.82, 2.24) is 19.7 Å². The Bertz CT molecular complexity index is 760. The molecule has 1 N–H and O–H groups in total. The zero-order valence-corrected chi connectivity index (χ0v) is 15.8. The first-order chi connectivity index (χ1) is 13.3. The molecule has 0 unspecified atom stereocenters. The molecule has 6 heteroatoms. The fourth-order valence-corrected chi connectivity index (χ4v) is 4.41. The Morgan fingerprint density at radius 3 is 2.44 bits per heavy atom. The highest BCUT2D eigenvalue weighted by Gasteiger charge is 2.32. The summed E-state index contributed by atoms with van der Waals surface area (Å²) in [7, 11) is 0. The molecule has 2 fully saturated rings. The van der Waals surface area contributed by atoms with Crippen LogP contribution in [0.2, 0.25) is 0 Å². The Hall–Kier alpha value is -2.21. The molecule has 2 aliphatic rings. The standard InChI is InChI=1S/C21H28N4O2/c26-15-14-25-20(22-19(23-25)16-6-2-1-3-7-16)17-10-12-24(13-11-17)21(27)18-8-4-5-9-18/h1-3,6-7,17-18,26H,4-5,8-15H2. The van der Waals surface area contributed by atoms with Gasteiger partial charge in [-0.1, -0.05) is 43.2 Å². The van der Waals surface area contributed by atoms with Crippen LogP contribution in [-0.2, 0) is 11.3 Å². The van der Waals surface area contributed by atoms with E-state index in [1.54, 1.807) is 0 Å². The fraction of sp³-hybridized carbons (Fsp3) is 0.571. The highest BCUT2D eigenvalue weighted by Crippen LogP contribution is 2.32. The van der Waals surface area contributed by atoms with Crippen molar-refractivity contribution in [2.24, 2.45) is 5.92 Å². The lowest BCUT2D eigenvalue weighted by molar-refractivity contribution is -0.136. The molecule has 1 aromatic heterocycles. The van der Waals surface area contributed by atoms with E-state index < -0.39 is 0 Å². The lowest BCUT2D eigenvalue weighted by Gasteiger charge is -2.33. The number of carbonyl (C=O) groups is 1. The summed E-state index contributed by atoms with van der Waals surface area (Å²) in [5.74, 6) is 2.55. The quantitative estimate of drug-likeness (QED) is 0.881. The van der Waals surface area contributed by atoms with Gasteiger partial charge in [0, 0.05) is 30.5 Å². The van der Waals surface area contributed by atoms with Crippen LogP contribution in [0.15, 0.2) is 30.3 Å². The molecule has 1 saturated carbocycles. The van der Waals surface area contributed by atoms with Gasteiger partial charge in [0.2, 0.25) is 5.91 Å². The van der Waals surface area contributed by atoms with Gasteiger partial charge in [-0.25, -0.2) is 9.67 Å². The number of aliphatic hydroxyl groups excluding tert-OH is 1. The average molecular weight is 368 g/mol. The smallest absolute Gasteiger partial charge is 0.225 e. The number of likely N-dealkylation sites (tertiary alicyclic amines) is 1. The topological polar surface area (TPSA) is 71.2 Å². The lowest BCUT2D eigenvalue weighted by Crippen LogP contribution is -2.41. The van der Waals surface area contributed by atoms with Crippen molar-refractivity contribution < 1.29 is 9.90 Å². The van der Waals surface area contributed by atoms with Crippen molar-refractivity contribution in [3.63, 3.8) is 0 Å². The molecular formula is C21H28N4O2. The van der Waals surface area contributed by atoms with Gasteiger partial charge in [-0.15, -0.1) is 0 Å². The van der Waals surface area contributed by atoms with Crippen LogP contribution in [0.1, 0.15) is 50.3 Å². The second kappa shape index (κ2) is 8.21. The zero-order valence-electron chi connectivity index (χ0n) is 15.8. The number of aromatic nitrogens is 3. The largest absolute Gasteiger partial charge is 0.394 e. The summed E-state index contributed by atoms with van der Waals surface area (Å²) in [5.41, 5.74) is 0.990. The van der Waals surface area contributed by atoms with Gasteiger partial charge in [-0.05, 0) is 25.7 Å². The third-order valence-corrected chi connectivity index (χ3v) is 5.92. The van der Waals surface area contributed by atoms with Crippen molar-refractivity contribution in [1.29, 1.82) is 0 Å². The summed E-state index contributed by atoms with van der Waals surface area (Å²) in [6.45, 7) is 2.10. The van der Waals surface area contributed by atoms with Gasteiger partial charge in [-0.2, -0.15) is 5.10 Å². The number of hydrogen-bond acceptors (Lipinski definition) is 4. The molecule has 0 atom stereocenters. The van der Waals surface area contributed by atoms with Crippen LogP contribution in [-0.4, -0.2) is 50.4 Å². The fourth-order valence-electron chi connectivity index (χ4n) is 4.41. The van der Waals surface area contributed by atoms with E-state index in [9.17, 15) is 9.90 Å². The summed E-state index contributed by atoms with van der Waals surface area (Å²) in [6.07, 6.45) is 6.33. The van der Waals surface area contributed by atoms with Crippen molar-refractivity contribution in [2.75, 3.05) is 19.7 Å². The van der Waals surface area contributed by atoms with Gasteiger partial charge in [0.15, 0.2) is 5.82 Å². The van der Waals surface area contributed by atoms with E-state index in [2.05, 4.69) is 10.00 Å². The molecule has 144 valence electrons. The molecule has 0 spiro atoms. The first kappa shape index (κ1) is 18.2. The van der Waals surface area contributed by atoms with Gasteiger partial charge in [0.1, 0.15) is 5.82 Å². The van der Waals surface area contributed by atoms with E-state index in [0.717, 1.165) is 50.2 Å². The van der Waals surface area contributed by atoms with Crippen molar-refractivity contribution in [3.05, 3.63) is 36.2 Å². The maximum absolute atomic E-state index is 12.7. The van der Waals surface area contributed by atoms with Crippen LogP contribution >= 0.6 is 0 Å². The molecule has 2 heterocycles. The summed E-state index contributed by atoms with van der Waals surface area (Å²) < 4.78 is 1.85. The van der Waals surface area contributed by atoms with Crippen molar-refractivity contribution in [2.45, 2.75) is 51.0 Å². The molecular weight excluding hydrogens is 340 g/mol. The Labute approximate surface area is 160 Å². The molecule has 1 saturated heterocycles. The molecule has 1 aliphatic heterocycles. The molecule has 2 aromatic rings. The maximum atomic E-state index is 12.7. The van der Waals surface area contributed by atoms with E-state index in [-0.39, 0.29) is 18.4 Å². The monoisotopic (exact) mass is 368 g/mol. The van der Waals surface area contributed by atoms with Crippen LogP contribution in [0.5, 0.6) is 0 Å². The second-order valence-corrected chi connectivity index (χ2v) is 7.69. The van der Waals surface area contributed by atoms with Gasteiger partial charge in [-0.3, -0.25) is 4.79 Å². The summed E-state index contributed by atoms with van der Waals surface area (Å²) in [5, 5.41) is 14.0. The first-order valence-electron chi connectivity index (χ1n) is 10.2. The van der Waals surface area contributed by atoms with Crippen LogP contribution in [0.25, 0.3) is 11.4 Å². The third kappa shape index (κ3) is 3.90. The Kier molecular flexibility index (Phi) is 5.53. The average Bonchev–Trinajstić information content (AvgIpc) is 3.39. The van der Waals surface area contributed by atoms with Crippen molar-refractivity contribution in [3.8, 4) is 11.4 Å². The Morgan fingerprint density at radius 1 is 1.07 bits per heavy atom. The second-order valence-electron chi connectivity index (χ2n) is 7.69. The Balaban J connectivity index is 1.47. The molecule has 6 nitrogen and oxygen atoms in total. The zero-order chi connectivity index (χ0) is 18.6. The van der Waals surface area contributed by atoms with E-state index in [4.69, 9.17) is 4.98 Å². The molecule has 1 aromatic carbocycles. The minimum absolute atomic E-state index is 0.0452. The number of amides is 1. The van der Waals surface area contributed by atoms with Crippen LogP contribution in [0.4, 0.5) is 0 Å². The summed E-state index contributed by atoms with van der Waals surface area (Å²) in [4.78, 5) is 19.5. The number of aliphatic hydroxyl groups is 1. The van der Waals surface area contributed by atoms with E-state index in [1.807, 2.05) is 35.0 Å². The van der Waals surface area contributed by atoms with Crippen LogP contribution < -0.4 is 0 Å². The van der Waals surface area contributed by atoms with E-state index in [0.29, 0.717) is 18.3 Å². The van der Waals surface area contributed by atoms with Gasteiger partial charge in [0.05, 0.1) is 13.2 Å². The number of rotatable bonds is 5. The van der Waals surface area contributed by atoms with Gasteiger partial charge >= 0.3 is 0 Å². The van der Waals surface area contributed by atoms with E-state index >= 15 is 0 Å². The minimum atomic E-state index is 0.0452. The van der Waals surface area contributed by atoms with Gasteiger partial charge < -0.3 is 10.0 Å². The number of nitrogens with zero attached hydrogens (tertiary/aromatic N) is 4. The third-order valence-electron chi connectivity index (χ3n) is 5.92. The molecule has 4 rings (SSSR count). The predicted molar refractivity (Wildman–Crippen MR) is 103 cm³/mol. The highest BCUT2D eigenvalue weighted by atomic mass is 16.3. The minimum Gasteiger partial charge on any atom is -0.394 e. The highest BCUT2D eigenvalue weighted by molar-refractivity contribution is 5.79. The number of piperidine rings is 1. The van der Waals surface area contributed by atoms with E-state index in [1.165, 1.54) is 12.8 Å². The number of carbonyl (C=O) groups excluding carboxylic acids is 1. The normalized spacial score (nSPS) is 18.9. The molecule has 1 amide bonds. The molecule has 27 heavy (non-hydrogen) atoms. The number of hydrogen-bond donors (Lipinski definition) is 1. The summed E-state index contributed by atoms with van der Waals surface area (Å²) in [6, 6.07) is 9.95. The molecule has 1 aliphatic carbocycles. The Morgan fingerprint density at radius 2 is 1.78 bits per heavy atom. The molecule has 0 radical (unpaired) electrons. The van der Waals surface area contributed by atoms with Crippen LogP contribution in [0, 0.1) is 5.92 Å². The maximum Gasteiger partial charge on any atom is 0.225 e. The van der Waals surface area contributed by atoms with Gasteiger partial charge in [0.25, 0.3) is 0 Å². The number of benzene rings is 1. The predicted octanol–water partition coefficient (Wildman–Crippen LogP) is 2.83. The SMILES string of the molecule is O=C(C1CCCC1)N1CCC(c2nc(-c3ccccc3)nn2CCO)CC1. The lowest BCUT2D eigenvalue weighted by atomic mass is 9.94. The molecule has 0 bridgehead atoms. The first-order valence-corrected chi connectivity index (χ1v) is 10.2.